The molecule has 0 saturated heterocycles. The molecule has 1 heterocycles. The van der Waals surface area contributed by atoms with Gasteiger partial charge in [-0.1, -0.05) is 12.8 Å². The molecule has 0 aliphatic heterocycles. The summed E-state index contributed by atoms with van der Waals surface area (Å²) in [5, 5.41) is 7.57. The van der Waals surface area contributed by atoms with Crippen LogP contribution in [0.25, 0.3) is 0 Å². The number of halogens is 3. The number of nitrogens with zero attached hydrogens (tertiary/aromatic N) is 2. The molecule has 0 radical (unpaired) electrons. The van der Waals surface area contributed by atoms with Crippen molar-refractivity contribution in [1.82, 2.24) is 15.1 Å². The van der Waals surface area contributed by atoms with Crippen LogP contribution in [0.3, 0.4) is 0 Å². The van der Waals surface area contributed by atoms with Gasteiger partial charge in [-0.3, -0.25) is 4.68 Å². The normalized spacial score (nSPS) is 30.2. The number of rotatable bonds is 2. The Balaban J connectivity index is 1.76. The first kappa shape index (κ1) is 14.9. The molecule has 2 aliphatic carbocycles. The van der Waals surface area contributed by atoms with E-state index in [1.165, 1.54) is 0 Å². The maximum absolute atomic E-state index is 13.2. The summed E-state index contributed by atoms with van der Waals surface area (Å²) >= 11 is 0. The molecule has 1 N–H and O–H groups in total. The van der Waals surface area contributed by atoms with Crippen molar-refractivity contribution >= 4 is 0 Å². The monoisotopic (exact) mass is 301 g/mol. The maximum atomic E-state index is 13.2. The van der Waals surface area contributed by atoms with Gasteiger partial charge in [0.25, 0.3) is 0 Å². The summed E-state index contributed by atoms with van der Waals surface area (Å²) in [6.45, 7) is 0. The van der Waals surface area contributed by atoms with E-state index in [-0.39, 0.29) is 12.5 Å². The van der Waals surface area contributed by atoms with Crippen molar-refractivity contribution in [2.24, 2.45) is 13.0 Å². The van der Waals surface area contributed by atoms with Gasteiger partial charge < -0.3 is 5.32 Å². The lowest BCUT2D eigenvalue weighted by Gasteiger charge is -2.37. The molecule has 1 aromatic heterocycles. The maximum Gasteiger partial charge on any atom is 0.393 e. The van der Waals surface area contributed by atoms with E-state index in [2.05, 4.69) is 10.4 Å². The summed E-state index contributed by atoms with van der Waals surface area (Å²) in [4.78, 5) is 0. The summed E-state index contributed by atoms with van der Waals surface area (Å²) in [5.74, 6) is -1.20. The number of alkyl halides is 3. The van der Waals surface area contributed by atoms with E-state index in [0.717, 1.165) is 36.9 Å². The molecule has 1 saturated carbocycles. The van der Waals surface area contributed by atoms with Crippen LogP contribution >= 0.6 is 0 Å². The van der Waals surface area contributed by atoms with Crippen molar-refractivity contribution in [3.63, 3.8) is 0 Å². The van der Waals surface area contributed by atoms with Gasteiger partial charge in [-0.25, -0.2) is 0 Å². The molecule has 0 bridgehead atoms. The predicted octanol–water partition coefficient (Wildman–Crippen LogP) is 3.51. The van der Waals surface area contributed by atoms with E-state index >= 15 is 0 Å². The molecule has 2 aliphatic rings. The molecule has 0 amide bonds. The van der Waals surface area contributed by atoms with Crippen LogP contribution in [0.1, 0.15) is 55.8 Å². The third-order valence-corrected chi connectivity index (χ3v) is 4.98. The van der Waals surface area contributed by atoms with Crippen LogP contribution in [0, 0.1) is 5.92 Å². The molecule has 6 heteroatoms. The van der Waals surface area contributed by atoms with Gasteiger partial charge in [-0.2, -0.15) is 18.3 Å². The van der Waals surface area contributed by atoms with Gasteiger partial charge in [-0.15, -0.1) is 0 Å². The van der Waals surface area contributed by atoms with Gasteiger partial charge in [0.2, 0.25) is 0 Å². The van der Waals surface area contributed by atoms with E-state index in [1.807, 2.05) is 17.9 Å². The first-order valence-corrected chi connectivity index (χ1v) is 7.80. The summed E-state index contributed by atoms with van der Waals surface area (Å²) in [7, 11) is 1.90. The largest absolute Gasteiger partial charge is 0.393 e. The third kappa shape index (κ3) is 2.96. The molecule has 3 atom stereocenters. The standard InChI is InChI=1S/C15H22F3N3/c1-21-14-8-4-7-12(10(14)9-19-21)20-13-6-3-2-5-11(13)15(16,17)18/h9,11-13,20H,2-8H2,1H3. The Labute approximate surface area is 122 Å². The number of hydrogen-bond acceptors (Lipinski definition) is 2. The minimum Gasteiger partial charge on any atom is -0.306 e. The van der Waals surface area contributed by atoms with Gasteiger partial charge in [0.15, 0.2) is 0 Å². The Morgan fingerprint density at radius 3 is 2.71 bits per heavy atom. The molecule has 0 aromatic carbocycles. The average molecular weight is 301 g/mol. The highest BCUT2D eigenvalue weighted by Crippen LogP contribution is 2.39. The Morgan fingerprint density at radius 2 is 1.95 bits per heavy atom. The van der Waals surface area contributed by atoms with Crippen LogP contribution in [0.5, 0.6) is 0 Å². The average Bonchev–Trinajstić information content (AvgIpc) is 2.81. The second-order valence-corrected chi connectivity index (χ2v) is 6.32. The third-order valence-electron chi connectivity index (χ3n) is 4.98. The van der Waals surface area contributed by atoms with Crippen LogP contribution in [0.4, 0.5) is 13.2 Å². The van der Waals surface area contributed by atoms with Crippen LogP contribution < -0.4 is 5.32 Å². The topological polar surface area (TPSA) is 29.9 Å². The summed E-state index contributed by atoms with van der Waals surface area (Å²) in [5.41, 5.74) is 2.26. The van der Waals surface area contributed by atoms with Crippen molar-refractivity contribution < 1.29 is 13.2 Å². The molecule has 21 heavy (non-hydrogen) atoms. The molecule has 3 unspecified atom stereocenters. The fourth-order valence-electron chi connectivity index (χ4n) is 3.86. The molecule has 3 rings (SSSR count). The van der Waals surface area contributed by atoms with Crippen molar-refractivity contribution in [1.29, 1.82) is 0 Å². The summed E-state index contributed by atoms with van der Waals surface area (Å²) in [6.07, 6.45) is 3.05. The number of nitrogens with one attached hydrogen (secondary N) is 1. The van der Waals surface area contributed by atoms with Crippen molar-refractivity contribution in [2.75, 3.05) is 0 Å². The molecule has 1 aromatic rings. The van der Waals surface area contributed by atoms with Crippen molar-refractivity contribution in [3.05, 3.63) is 17.5 Å². The molecular weight excluding hydrogens is 279 g/mol. The van der Waals surface area contributed by atoms with Gasteiger partial charge in [0, 0.05) is 30.4 Å². The van der Waals surface area contributed by atoms with Gasteiger partial charge >= 0.3 is 6.18 Å². The van der Waals surface area contributed by atoms with Crippen LogP contribution in [0.15, 0.2) is 6.20 Å². The molecule has 0 spiro atoms. The zero-order valence-corrected chi connectivity index (χ0v) is 12.3. The Morgan fingerprint density at radius 1 is 1.19 bits per heavy atom. The number of aryl methyl sites for hydroxylation is 1. The SMILES string of the molecule is Cn1ncc2c1CCCC2NC1CCCCC1C(F)(F)F. The van der Waals surface area contributed by atoms with Gasteiger partial charge in [-0.05, 0) is 32.1 Å². The second kappa shape index (κ2) is 5.63. The van der Waals surface area contributed by atoms with Crippen LogP contribution in [0.2, 0.25) is 0 Å². The van der Waals surface area contributed by atoms with E-state index in [9.17, 15) is 13.2 Å². The zero-order valence-electron chi connectivity index (χ0n) is 12.3. The second-order valence-electron chi connectivity index (χ2n) is 6.32. The Kier molecular flexibility index (Phi) is 3.99. The lowest BCUT2D eigenvalue weighted by atomic mass is 9.82. The quantitative estimate of drug-likeness (QED) is 0.906. The summed E-state index contributed by atoms with van der Waals surface area (Å²) < 4.78 is 41.4. The fourth-order valence-corrected chi connectivity index (χ4v) is 3.86. The molecule has 1 fully saturated rings. The van der Waals surface area contributed by atoms with E-state index in [4.69, 9.17) is 0 Å². The van der Waals surface area contributed by atoms with Crippen LogP contribution in [-0.2, 0) is 13.5 Å². The molecule has 118 valence electrons. The molecule has 3 nitrogen and oxygen atoms in total. The first-order valence-electron chi connectivity index (χ1n) is 7.80. The predicted molar refractivity (Wildman–Crippen MR) is 73.8 cm³/mol. The lowest BCUT2D eigenvalue weighted by Crippen LogP contribution is -2.47. The highest BCUT2D eigenvalue weighted by atomic mass is 19.4. The minimum atomic E-state index is -4.09. The Bertz CT molecular complexity index is 495. The van der Waals surface area contributed by atoms with E-state index in [1.54, 1.807) is 0 Å². The highest BCUT2D eigenvalue weighted by Gasteiger charge is 2.46. The van der Waals surface area contributed by atoms with Gasteiger partial charge in [0.05, 0.1) is 12.1 Å². The van der Waals surface area contributed by atoms with Crippen LogP contribution in [-0.4, -0.2) is 22.0 Å². The van der Waals surface area contributed by atoms with Crippen molar-refractivity contribution in [3.8, 4) is 0 Å². The van der Waals surface area contributed by atoms with Crippen molar-refractivity contribution in [2.45, 2.75) is 63.2 Å². The Hall–Kier alpha value is -1.04. The lowest BCUT2D eigenvalue weighted by molar-refractivity contribution is -0.189. The smallest absolute Gasteiger partial charge is 0.306 e. The number of aromatic nitrogens is 2. The van der Waals surface area contributed by atoms with E-state index in [0.29, 0.717) is 12.8 Å². The first-order chi connectivity index (χ1) is 9.97. The minimum absolute atomic E-state index is 0.0235. The highest BCUT2D eigenvalue weighted by molar-refractivity contribution is 5.25. The van der Waals surface area contributed by atoms with Gasteiger partial charge in [0.1, 0.15) is 0 Å². The molecular formula is C15H22F3N3. The number of fused-ring (bicyclic) bond motifs is 1. The zero-order chi connectivity index (χ0) is 15.0. The summed E-state index contributed by atoms with van der Waals surface area (Å²) in [6, 6.07) is -0.426. The number of hydrogen-bond donors (Lipinski definition) is 1. The van der Waals surface area contributed by atoms with E-state index < -0.39 is 18.1 Å². The fraction of sp³-hybridized carbons (Fsp3) is 0.800.